The lowest BCUT2D eigenvalue weighted by Gasteiger charge is -2.60. The normalized spacial score (nSPS) is 35.4. The van der Waals surface area contributed by atoms with E-state index in [1.54, 1.807) is 0 Å². The molecule has 134 valence electrons. The molecular weight excluding hydrogens is 324 g/mol. The van der Waals surface area contributed by atoms with Gasteiger partial charge in [0, 0.05) is 12.5 Å². The maximum absolute atomic E-state index is 13.0. The number of imidazole rings is 1. The van der Waals surface area contributed by atoms with Crippen LogP contribution in [0.1, 0.15) is 55.9 Å². The molecule has 4 aliphatic rings. The van der Waals surface area contributed by atoms with Gasteiger partial charge in [-0.2, -0.15) is 0 Å². The molecule has 0 saturated heterocycles. The zero-order valence-electron chi connectivity index (χ0n) is 14.1. The van der Waals surface area contributed by atoms with E-state index in [0.29, 0.717) is 18.3 Å². The first-order valence-electron chi connectivity index (χ1n) is 8.65. The number of carbonyl (C=O) groups excluding carboxylic acids is 3. The molecule has 8 nitrogen and oxygen atoms in total. The Morgan fingerprint density at radius 3 is 2.56 bits per heavy atom. The highest BCUT2D eigenvalue weighted by Gasteiger charge is 2.61. The first-order chi connectivity index (χ1) is 11.8. The molecule has 4 aliphatic carbocycles. The Hall–Kier alpha value is -2.38. The fraction of sp³-hybridized carbons (Fsp3) is 0.647. The van der Waals surface area contributed by atoms with Gasteiger partial charge in [0.15, 0.2) is 5.69 Å². The van der Waals surface area contributed by atoms with Crippen LogP contribution in [0.5, 0.6) is 5.88 Å². The van der Waals surface area contributed by atoms with E-state index < -0.39 is 11.3 Å². The minimum Gasteiger partial charge on any atom is -0.404 e. The molecule has 0 aromatic carbocycles. The largest absolute Gasteiger partial charge is 0.404 e. The zero-order valence-corrected chi connectivity index (χ0v) is 14.1. The van der Waals surface area contributed by atoms with Crippen molar-refractivity contribution in [3.8, 4) is 5.88 Å². The molecule has 1 heterocycles. The number of amides is 2. The van der Waals surface area contributed by atoms with Gasteiger partial charge >= 0.3 is 5.97 Å². The summed E-state index contributed by atoms with van der Waals surface area (Å²) >= 11 is 0. The lowest BCUT2D eigenvalue weighted by Crippen LogP contribution is -2.65. The lowest BCUT2D eigenvalue weighted by molar-refractivity contribution is -0.167. The van der Waals surface area contributed by atoms with Gasteiger partial charge in [-0.25, -0.2) is 4.98 Å². The van der Waals surface area contributed by atoms with Crippen molar-refractivity contribution < 1.29 is 19.1 Å². The van der Waals surface area contributed by atoms with Crippen LogP contribution in [0.4, 0.5) is 0 Å². The summed E-state index contributed by atoms with van der Waals surface area (Å²) in [6.07, 6.45) is 6.34. The highest BCUT2D eigenvalue weighted by atomic mass is 16.5. The molecule has 4 N–H and O–H groups in total. The fourth-order valence-corrected chi connectivity index (χ4v) is 5.75. The summed E-state index contributed by atoms with van der Waals surface area (Å²) in [6.45, 7) is 1.52. The smallest absolute Gasteiger partial charge is 0.318 e. The van der Waals surface area contributed by atoms with Crippen LogP contribution in [-0.2, 0) is 9.59 Å². The third kappa shape index (κ3) is 2.60. The van der Waals surface area contributed by atoms with Crippen LogP contribution in [0.25, 0.3) is 0 Å². The van der Waals surface area contributed by atoms with Crippen LogP contribution >= 0.6 is 0 Å². The quantitative estimate of drug-likeness (QED) is 0.698. The summed E-state index contributed by atoms with van der Waals surface area (Å²) in [5.74, 6) is -0.395. The number of H-pyrrole nitrogens is 1. The molecule has 8 heteroatoms. The highest BCUT2D eigenvalue weighted by molar-refractivity contribution is 5.94. The maximum atomic E-state index is 13.0. The minimum absolute atomic E-state index is 0.00495. The Kier molecular flexibility index (Phi) is 3.42. The van der Waals surface area contributed by atoms with Crippen LogP contribution in [0.15, 0.2) is 6.33 Å². The number of ether oxygens (including phenoxy) is 1. The van der Waals surface area contributed by atoms with Crippen molar-refractivity contribution in [3.05, 3.63) is 12.0 Å². The van der Waals surface area contributed by atoms with E-state index >= 15 is 0 Å². The van der Waals surface area contributed by atoms with Crippen molar-refractivity contribution in [3.63, 3.8) is 0 Å². The van der Waals surface area contributed by atoms with Crippen molar-refractivity contribution in [2.45, 2.75) is 51.0 Å². The van der Waals surface area contributed by atoms with Crippen molar-refractivity contribution in [2.24, 2.45) is 23.0 Å². The predicted molar refractivity (Wildman–Crippen MR) is 86.4 cm³/mol. The number of hydrogen-bond acceptors (Lipinski definition) is 5. The van der Waals surface area contributed by atoms with Crippen molar-refractivity contribution >= 4 is 17.8 Å². The molecule has 2 atom stereocenters. The number of esters is 1. The third-order valence-electron chi connectivity index (χ3n) is 5.98. The van der Waals surface area contributed by atoms with E-state index in [9.17, 15) is 14.4 Å². The van der Waals surface area contributed by atoms with E-state index in [2.05, 4.69) is 15.3 Å². The Balaban J connectivity index is 1.60. The Labute approximate surface area is 144 Å². The molecule has 5 rings (SSSR count). The van der Waals surface area contributed by atoms with E-state index in [4.69, 9.17) is 10.5 Å². The van der Waals surface area contributed by atoms with Gasteiger partial charge in [0.25, 0.3) is 11.8 Å². The van der Waals surface area contributed by atoms with Gasteiger partial charge in [0.05, 0.1) is 11.7 Å². The standard InChI is InChI=1S/C17H22N4O4/c1-9(22)21-17-5-10-2-11(6-17)4-16(3-10,7-17)15(24)25-14-12(13(18)23)19-8-20-14/h8,10-11H,2-7H2,1H3,(H2,18,23)(H,19,20)(H,21,22). The molecule has 2 amide bonds. The van der Waals surface area contributed by atoms with Crippen molar-refractivity contribution in [1.82, 2.24) is 15.3 Å². The van der Waals surface area contributed by atoms with Gasteiger partial charge in [-0.3, -0.25) is 14.4 Å². The lowest BCUT2D eigenvalue weighted by atomic mass is 9.47. The number of rotatable bonds is 4. The number of primary amides is 1. The zero-order chi connectivity index (χ0) is 17.8. The van der Waals surface area contributed by atoms with Gasteiger partial charge in [-0.05, 0) is 50.4 Å². The van der Waals surface area contributed by atoms with Gasteiger partial charge in [0.1, 0.15) is 0 Å². The van der Waals surface area contributed by atoms with Gasteiger partial charge in [-0.1, -0.05) is 0 Å². The summed E-state index contributed by atoms with van der Waals surface area (Å²) in [5, 5.41) is 3.11. The first kappa shape index (κ1) is 16.1. The number of hydrogen-bond donors (Lipinski definition) is 3. The summed E-state index contributed by atoms with van der Waals surface area (Å²) in [4.78, 5) is 42.6. The summed E-state index contributed by atoms with van der Waals surface area (Å²) in [7, 11) is 0. The van der Waals surface area contributed by atoms with Gasteiger partial charge in [-0.15, -0.1) is 0 Å². The third-order valence-corrected chi connectivity index (χ3v) is 5.98. The van der Waals surface area contributed by atoms with Crippen LogP contribution in [0.2, 0.25) is 0 Å². The first-order valence-corrected chi connectivity index (χ1v) is 8.65. The number of nitrogens with two attached hydrogens (primary N) is 1. The second-order valence-electron chi connectivity index (χ2n) is 8.04. The topological polar surface area (TPSA) is 127 Å². The van der Waals surface area contributed by atoms with Crippen molar-refractivity contribution in [1.29, 1.82) is 0 Å². The fourth-order valence-electron chi connectivity index (χ4n) is 5.75. The van der Waals surface area contributed by atoms with Crippen LogP contribution in [0.3, 0.4) is 0 Å². The average Bonchev–Trinajstić information content (AvgIpc) is 2.92. The number of aromatic amines is 1. The SMILES string of the molecule is CC(=O)NC12CC3CC(C1)CC(C(=O)Oc1nc[nH]c1C(N)=O)(C3)C2. The van der Waals surface area contributed by atoms with Crippen LogP contribution in [0, 0.1) is 17.3 Å². The van der Waals surface area contributed by atoms with E-state index in [0.717, 1.165) is 32.1 Å². The Morgan fingerprint density at radius 1 is 1.28 bits per heavy atom. The number of nitrogens with one attached hydrogen (secondary N) is 2. The average molecular weight is 346 g/mol. The molecule has 0 radical (unpaired) electrons. The molecule has 0 aliphatic heterocycles. The summed E-state index contributed by atoms with van der Waals surface area (Å²) < 4.78 is 5.49. The number of aromatic nitrogens is 2. The molecule has 1 aromatic heterocycles. The molecule has 25 heavy (non-hydrogen) atoms. The van der Waals surface area contributed by atoms with Gasteiger partial charge in [0.2, 0.25) is 5.91 Å². The second kappa shape index (κ2) is 5.31. The van der Waals surface area contributed by atoms with Gasteiger partial charge < -0.3 is 20.8 Å². The number of carbonyl (C=O) groups is 3. The maximum Gasteiger partial charge on any atom is 0.318 e. The monoisotopic (exact) mass is 346 g/mol. The second-order valence-corrected chi connectivity index (χ2v) is 8.04. The molecule has 2 unspecified atom stereocenters. The van der Waals surface area contributed by atoms with Crippen LogP contribution in [-0.4, -0.2) is 33.3 Å². The Bertz CT molecular complexity index is 742. The molecule has 0 spiro atoms. The van der Waals surface area contributed by atoms with Crippen molar-refractivity contribution in [2.75, 3.05) is 0 Å². The number of nitrogens with zero attached hydrogens (tertiary/aromatic N) is 1. The van der Waals surface area contributed by atoms with E-state index in [1.165, 1.54) is 13.3 Å². The van der Waals surface area contributed by atoms with E-state index in [1.807, 2.05) is 0 Å². The Morgan fingerprint density at radius 2 is 1.96 bits per heavy atom. The molecule has 4 fully saturated rings. The molecular formula is C17H22N4O4. The van der Waals surface area contributed by atoms with E-state index in [-0.39, 0.29) is 29.0 Å². The summed E-state index contributed by atoms with van der Waals surface area (Å²) in [6, 6.07) is 0. The molecule has 4 bridgehead atoms. The predicted octanol–water partition coefficient (Wildman–Crippen LogP) is 0.889. The minimum atomic E-state index is -0.722. The van der Waals surface area contributed by atoms with Crippen LogP contribution < -0.4 is 15.8 Å². The molecule has 4 saturated carbocycles. The molecule has 1 aromatic rings. The summed E-state index contributed by atoms with van der Waals surface area (Å²) in [5.41, 5.74) is 4.33. The highest BCUT2D eigenvalue weighted by Crippen LogP contribution is 2.62.